The first-order valence-corrected chi connectivity index (χ1v) is 8.52. The maximum Gasteiger partial charge on any atom is 0.0766 e. The van der Waals surface area contributed by atoms with Crippen molar-refractivity contribution in [1.82, 2.24) is 15.1 Å². The van der Waals surface area contributed by atoms with E-state index in [2.05, 4.69) is 51.8 Å². The van der Waals surface area contributed by atoms with Crippen molar-refractivity contribution in [3.63, 3.8) is 0 Å². The van der Waals surface area contributed by atoms with Gasteiger partial charge in [-0.2, -0.15) is 5.10 Å². The summed E-state index contributed by atoms with van der Waals surface area (Å²) >= 11 is 3.72. The molecule has 5 heteroatoms. The fourth-order valence-electron chi connectivity index (χ4n) is 2.24. The lowest BCUT2D eigenvalue weighted by molar-refractivity contribution is 0.122. The molecule has 1 atom stereocenters. The monoisotopic (exact) mass is 345 g/mol. The molecule has 20 heavy (non-hydrogen) atoms. The van der Waals surface area contributed by atoms with E-state index >= 15 is 0 Å². The Morgan fingerprint density at radius 1 is 1.30 bits per heavy atom. The van der Waals surface area contributed by atoms with E-state index < -0.39 is 0 Å². The van der Waals surface area contributed by atoms with Gasteiger partial charge in [-0.05, 0) is 49.2 Å². The first-order chi connectivity index (χ1) is 9.67. The van der Waals surface area contributed by atoms with Crippen LogP contribution in [0.15, 0.2) is 4.47 Å². The highest BCUT2D eigenvalue weighted by molar-refractivity contribution is 9.10. The second-order valence-corrected chi connectivity index (χ2v) is 5.68. The van der Waals surface area contributed by atoms with E-state index in [1.54, 1.807) is 0 Å². The fraction of sp³-hybridized carbons (Fsp3) is 0.800. The van der Waals surface area contributed by atoms with Crippen molar-refractivity contribution in [2.24, 2.45) is 0 Å². The van der Waals surface area contributed by atoms with Gasteiger partial charge in [0, 0.05) is 25.6 Å². The minimum atomic E-state index is 0.345. The number of hydrogen-bond acceptors (Lipinski definition) is 3. The van der Waals surface area contributed by atoms with E-state index in [1.165, 1.54) is 10.2 Å². The smallest absolute Gasteiger partial charge is 0.0766 e. The lowest BCUT2D eigenvalue weighted by atomic mass is 10.1. The highest BCUT2D eigenvalue weighted by Crippen LogP contribution is 2.23. The van der Waals surface area contributed by atoms with Gasteiger partial charge in [0.25, 0.3) is 0 Å². The summed E-state index contributed by atoms with van der Waals surface area (Å²) in [6, 6.07) is 0.345. The molecule has 0 fully saturated rings. The Morgan fingerprint density at radius 3 is 2.60 bits per heavy atom. The summed E-state index contributed by atoms with van der Waals surface area (Å²) in [5.74, 6) is 0. The Hall–Kier alpha value is -0.390. The summed E-state index contributed by atoms with van der Waals surface area (Å²) in [6.07, 6.45) is 3.04. The van der Waals surface area contributed by atoms with Crippen LogP contribution in [0.2, 0.25) is 0 Å². The SMILES string of the molecule is CCCNC(COCC)Cc1c(Br)c(CC)nn1CC. The van der Waals surface area contributed by atoms with Crippen molar-refractivity contribution in [1.29, 1.82) is 0 Å². The minimum Gasteiger partial charge on any atom is -0.380 e. The van der Waals surface area contributed by atoms with Gasteiger partial charge in [-0.1, -0.05) is 13.8 Å². The molecule has 4 nitrogen and oxygen atoms in total. The third-order valence-corrected chi connectivity index (χ3v) is 4.26. The van der Waals surface area contributed by atoms with E-state index in [-0.39, 0.29) is 0 Å². The molecular formula is C15H28BrN3O. The van der Waals surface area contributed by atoms with E-state index in [9.17, 15) is 0 Å². The van der Waals surface area contributed by atoms with Crippen LogP contribution in [0.1, 0.15) is 45.5 Å². The number of hydrogen-bond donors (Lipinski definition) is 1. The molecule has 116 valence electrons. The first kappa shape index (κ1) is 17.7. The predicted octanol–water partition coefficient (Wildman–Crippen LogP) is 3.18. The zero-order valence-corrected chi connectivity index (χ0v) is 14.8. The van der Waals surface area contributed by atoms with Crippen molar-refractivity contribution in [3.8, 4) is 0 Å². The topological polar surface area (TPSA) is 39.1 Å². The Labute approximate surface area is 131 Å². The quantitative estimate of drug-likeness (QED) is 0.707. The van der Waals surface area contributed by atoms with Crippen molar-refractivity contribution < 1.29 is 4.74 Å². The molecule has 0 radical (unpaired) electrons. The van der Waals surface area contributed by atoms with Gasteiger partial charge in [0.2, 0.25) is 0 Å². The first-order valence-electron chi connectivity index (χ1n) is 7.72. The van der Waals surface area contributed by atoms with Crippen molar-refractivity contribution >= 4 is 15.9 Å². The Morgan fingerprint density at radius 2 is 2.05 bits per heavy atom. The molecule has 0 saturated heterocycles. The molecule has 1 aromatic heterocycles. The summed E-state index contributed by atoms with van der Waals surface area (Å²) < 4.78 is 8.88. The van der Waals surface area contributed by atoms with Crippen molar-refractivity contribution in [3.05, 3.63) is 15.9 Å². The molecule has 1 rings (SSSR count). The molecule has 1 heterocycles. The fourth-order valence-corrected chi connectivity index (χ4v) is 2.97. The Balaban J connectivity index is 2.82. The Kier molecular flexibility index (Phi) is 8.41. The molecule has 1 N–H and O–H groups in total. The number of ether oxygens (including phenoxy) is 1. The number of nitrogens with one attached hydrogen (secondary N) is 1. The third-order valence-electron chi connectivity index (χ3n) is 3.34. The van der Waals surface area contributed by atoms with E-state index in [0.717, 1.165) is 51.3 Å². The molecule has 1 unspecified atom stereocenters. The van der Waals surface area contributed by atoms with E-state index in [0.29, 0.717) is 6.04 Å². The predicted molar refractivity (Wildman–Crippen MR) is 87.3 cm³/mol. The van der Waals surface area contributed by atoms with Gasteiger partial charge in [0.1, 0.15) is 0 Å². The minimum absolute atomic E-state index is 0.345. The zero-order chi connectivity index (χ0) is 15.0. The van der Waals surface area contributed by atoms with Gasteiger partial charge < -0.3 is 10.1 Å². The lowest BCUT2D eigenvalue weighted by Gasteiger charge is -2.19. The summed E-state index contributed by atoms with van der Waals surface area (Å²) in [6.45, 7) is 11.9. The summed E-state index contributed by atoms with van der Waals surface area (Å²) in [7, 11) is 0. The second-order valence-electron chi connectivity index (χ2n) is 4.89. The number of nitrogens with zero attached hydrogens (tertiary/aromatic N) is 2. The van der Waals surface area contributed by atoms with Crippen LogP contribution >= 0.6 is 15.9 Å². The number of aryl methyl sites for hydroxylation is 2. The van der Waals surface area contributed by atoms with Gasteiger partial charge in [-0.15, -0.1) is 0 Å². The molecule has 0 aliphatic carbocycles. The molecule has 0 bridgehead atoms. The molecule has 0 saturated carbocycles. The average molecular weight is 346 g/mol. The van der Waals surface area contributed by atoms with Crippen LogP contribution in [0.25, 0.3) is 0 Å². The van der Waals surface area contributed by atoms with Crippen LogP contribution in [0.3, 0.4) is 0 Å². The molecule has 0 aliphatic rings. The molecule has 0 aliphatic heterocycles. The lowest BCUT2D eigenvalue weighted by Crippen LogP contribution is -2.36. The maximum absolute atomic E-state index is 5.60. The van der Waals surface area contributed by atoms with Crippen LogP contribution in [0.4, 0.5) is 0 Å². The van der Waals surface area contributed by atoms with Crippen molar-refractivity contribution in [2.45, 2.75) is 59.5 Å². The van der Waals surface area contributed by atoms with E-state index in [1.807, 2.05) is 6.92 Å². The standard InChI is InChI=1S/C15H28BrN3O/c1-5-9-17-12(11-20-8-4)10-14-15(16)13(6-2)18-19(14)7-3/h12,17H,5-11H2,1-4H3. The maximum atomic E-state index is 5.60. The van der Waals surface area contributed by atoms with Crippen LogP contribution in [0, 0.1) is 0 Å². The summed E-state index contributed by atoms with van der Waals surface area (Å²) in [5, 5.41) is 8.23. The molecule has 0 amide bonds. The highest BCUT2D eigenvalue weighted by Gasteiger charge is 2.18. The normalized spacial score (nSPS) is 12.8. The number of aromatic nitrogens is 2. The van der Waals surface area contributed by atoms with Gasteiger partial charge in [-0.25, -0.2) is 0 Å². The third kappa shape index (κ3) is 4.86. The van der Waals surface area contributed by atoms with Crippen molar-refractivity contribution in [2.75, 3.05) is 19.8 Å². The van der Waals surface area contributed by atoms with Gasteiger partial charge in [-0.3, -0.25) is 4.68 Å². The van der Waals surface area contributed by atoms with Gasteiger partial charge >= 0.3 is 0 Å². The molecule has 0 spiro atoms. The summed E-state index contributed by atoms with van der Waals surface area (Å²) in [4.78, 5) is 0. The molecule has 0 aromatic carbocycles. The van der Waals surface area contributed by atoms with Crippen LogP contribution in [0.5, 0.6) is 0 Å². The second kappa shape index (κ2) is 9.53. The van der Waals surface area contributed by atoms with Crippen LogP contribution < -0.4 is 5.32 Å². The number of rotatable bonds is 10. The van der Waals surface area contributed by atoms with Crippen LogP contribution in [-0.2, 0) is 24.1 Å². The average Bonchev–Trinajstić information content (AvgIpc) is 2.77. The number of halogens is 1. The molecule has 1 aromatic rings. The summed E-state index contributed by atoms with van der Waals surface area (Å²) in [5.41, 5.74) is 2.42. The molecular weight excluding hydrogens is 318 g/mol. The van der Waals surface area contributed by atoms with Crippen LogP contribution in [-0.4, -0.2) is 35.6 Å². The largest absolute Gasteiger partial charge is 0.380 e. The zero-order valence-electron chi connectivity index (χ0n) is 13.2. The highest BCUT2D eigenvalue weighted by atomic mass is 79.9. The Bertz CT molecular complexity index is 385. The van der Waals surface area contributed by atoms with Gasteiger partial charge in [0.15, 0.2) is 0 Å². The van der Waals surface area contributed by atoms with E-state index in [4.69, 9.17) is 4.74 Å². The van der Waals surface area contributed by atoms with Gasteiger partial charge in [0.05, 0.1) is 22.5 Å².